The van der Waals surface area contributed by atoms with E-state index in [-0.39, 0.29) is 10.6 Å². The molecule has 0 aromatic heterocycles. The van der Waals surface area contributed by atoms with Crippen LogP contribution in [-0.2, 0) is 15.6 Å². The molecule has 124 valence electrons. The highest BCUT2D eigenvalue weighted by molar-refractivity contribution is 7.90. The minimum Gasteiger partial charge on any atom is -0.497 e. The van der Waals surface area contributed by atoms with Crippen molar-refractivity contribution in [2.75, 3.05) is 21.3 Å². The van der Waals surface area contributed by atoms with Crippen molar-refractivity contribution in [3.63, 3.8) is 0 Å². The molecule has 0 aliphatic rings. The molecule has 0 atom stereocenters. The van der Waals surface area contributed by atoms with Crippen LogP contribution in [0.5, 0.6) is 17.2 Å². The first-order valence-electron chi connectivity index (χ1n) is 6.99. The molecule has 0 spiro atoms. The zero-order chi connectivity index (χ0) is 17.0. The summed E-state index contributed by atoms with van der Waals surface area (Å²) in [5.41, 5.74) is 1.28. The second kappa shape index (κ2) is 6.91. The van der Waals surface area contributed by atoms with Crippen LogP contribution >= 0.6 is 0 Å². The van der Waals surface area contributed by atoms with Crippen LogP contribution in [-0.4, -0.2) is 29.7 Å². The number of ether oxygens (including phenoxy) is 3. The van der Waals surface area contributed by atoms with Gasteiger partial charge in [-0.05, 0) is 36.2 Å². The normalized spacial score (nSPS) is 11.1. The molecule has 0 unspecified atom stereocenters. The van der Waals surface area contributed by atoms with Gasteiger partial charge in [-0.2, -0.15) is 0 Å². The average Bonchev–Trinajstić information content (AvgIpc) is 2.53. The van der Waals surface area contributed by atoms with E-state index in [9.17, 15) is 8.42 Å². The van der Waals surface area contributed by atoms with Gasteiger partial charge < -0.3 is 14.2 Å². The van der Waals surface area contributed by atoms with Crippen LogP contribution in [0.25, 0.3) is 0 Å². The molecule has 2 aromatic rings. The molecule has 0 saturated carbocycles. The fraction of sp³-hybridized carbons (Fsp3) is 0.294. The lowest BCUT2D eigenvalue weighted by molar-refractivity contribution is 0.353. The molecule has 0 fully saturated rings. The first kappa shape index (κ1) is 17.1. The summed E-state index contributed by atoms with van der Waals surface area (Å²) in [5.74, 6) is 1.41. The van der Waals surface area contributed by atoms with Crippen molar-refractivity contribution in [3.8, 4) is 17.2 Å². The smallest absolute Gasteiger partial charge is 0.182 e. The predicted molar refractivity (Wildman–Crippen MR) is 88.2 cm³/mol. The monoisotopic (exact) mass is 336 g/mol. The van der Waals surface area contributed by atoms with E-state index in [4.69, 9.17) is 14.2 Å². The zero-order valence-corrected chi connectivity index (χ0v) is 14.4. The second-order valence-electron chi connectivity index (χ2n) is 5.08. The molecule has 5 nitrogen and oxygen atoms in total. The fourth-order valence-corrected chi connectivity index (χ4v) is 3.97. The molecule has 2 aromatic carbocycles. The van der Waals surface area contributed by atoms with Gasteiger partial charge in [0.2, 0.25) is 0 Å². The third-order valence-corrected chi connectivity index (χ3v) is 5.33. The molecule has 0 aliphatic carbocycles. The Labute approximate surface area is 136 Å². The van der Waals surface area contributed by atoms with E-state index in [0.29, 0.717) is 28.4 Å². The third-order valence-electron chi connectivity index (χ3n) is 3.51. The summed E-state index contributed by atoms with van der Waals surface area (Å²) in [7, 11) is 1.02. The summed E-state index contributed by atoms with van der Waals surface area (Å²) in [6.45, 7) is 1.74. The molecule has 6 heteroatoms. The maximum Gasteiger partial charge on any atom is 0.182 e. The first-order chi connectivity index (χ1) is 10.9. The van der Waals surface area contributed by atoms with Gasteiger partial charge in [-0.1, -0.05) is 12.1 Å². The number of rotatable bonds is 6. The molecule has 0 aliphatic heterocycles. The van der Waals surface area contributed by atoms with E-state index in [0.717, 1.165) is 0 Å². The van der Waals surface area contributed by atoms with Gasteiger partial charge in [0.15, 0.2) is 21.3 Å². The van der Waals surface area contributed by atoms with Gasteiger partial charge in [-0.3, -0.25) is 0 Å². The second-order valence-corrected chi connectivity index (χ2v) is 7.04. The number of methoxy groups -OCH3 is 3. The van der Waals surface area contributed by atoms with E-state index >= 15 is 0 Å². The molecule has 2 rings (SSSR count). The van der Waals surface area contributed by atoms with Crippen LogP contribution < -0.4 is 14.2 Å². The Kier molecular flexibility index (Phi) is 5.15. The van der Waals surface area contributed by atoms with Crippen molar-refractivity contribution in [1.82, 2.24) is 0 Å². The molecule has 23 heavy (non-hydrogen) atoms. The lowest BCUT2D eigenvalue weighted by Crippen LogP contribution is -2.08. The van der Waals surface area contributed by atoms with Gasteiger partial charge in [0.1, 0.15) is 5.75 Å². The zero-order valence-electron chi connectivity index (χ0n) is 13.6. The maximum atomic E-state index is 12.8. The van der Waals surface area contributed by atoms with Crippen LogP contribution in [0.15, 0.2) is 41.3 Å². The minimum atomic E-state index is -3.52. The Morgan fingerprint density at radius 3 is 2.17 bits per heavy atom. The summed E-state index contributed by atoms with van der Waals surface area (Å²) in [6.07, 6.45) is 0. The Balaban J connectivity index is 2.43. The van der Waals surface area contributed by atoms with Crippen molar-refractivity contribution in [2.24, 2.45) is 0 Å². The lowest BCUT2D eigenvalue weighted by Gasteiger charge is -2.13. The Hall–Kier alpha value is -2.21. The average molecular weight is 336 g/mol. The SMILES string of the molecule is COc1cccc(CS(=O)(=O)c2cc(OC)c(OC)cc2C)c1. The fourth-order valence-electron chi connectivity index (χ4n) is 2.36. The lowest BCUT2D eigenvalue weighted by atomic mass is 10.2. The van der Waals surface area contributed by atoms with Gasteiger partial charge in [0.25, 0.3) is 0 Å². The standard InChI is InChI=1S/C17H20O5S/c1-12-8-15(21-3)16(22-4)10-17(12)23(18,19)11-13-6-5-7-14(9-13)20-2/h5-10H,11H2,1-4H3. The Bertz CT molecular complexity index is 797. The molecule has 0 amide bonds. The van der Waals surface area contributed by atoms with Crippen molar-refractivity contribution in [3.05, 3.63) is 47.5 Å². The molecule has 0 N–H and O–H groups in total. The number of benzene rings is 2. The third kappa shape index (κ3) is 3.76. The topological polar surface area (TPSA) is 61.8 Å². The van der Waals surface area contributed by atoms with Crippen LogP contribution in [0.3, 0.4) is 0 Å². The van der Waals surface area contributed by atoms with Crippen LogP contribution in [0.1, 0.15) is 11.1 Å². The van der Waals surface area contributed by atoms with Crippen molar-refractivity contribution in [2.45, 2.75) is 17.6 Å². The Morgan fingerprint density at radius 2 is 1.57 bits per heavy atom. The van der Waals surface area contributed by atoms with Gasteiger partial charge in [-0.15, -0.1) is 0 Å². The van der Waals surface area contributed by atoms with E-state index in [1.165, 1.54) is 20.3 Å². The molecule has 0 saturated heterocycles. The van der Waals surface area contributed by atoms with Crippen LogP contribution in [0, 0.1) is 6.92 Å². The molecule has 0 radical (unpaired) electrons. The van der Waals surface area contributed by atoms with Gasteiger partial charge >= 0.3 is 0 Å². The summed E-state index contributed by atoms with van der Waals surface area (Å²) < 4.78 is 41.0. The minimum absolute atomic E-state index is 0.111. The van der Waals surface area contributed by atoms with Gasteiger partial charge in [0, 0.05) is 6.07 Å². The summed E-state index contributed by atoms with van der Waals surface area (Å²) in [5, 5.41) is 0. The molecule has 0 heterocycles. The molecule has 0 bridgehead atoms. The number of aryl methyl sites for hydroxylation is 1. The molecular weight excluding hydrogens is 316 g/mol. The van der Waals surface area contributed by atoms with Crippen LogP contribution in [0.4, 0.5) is 0 Å². The van der Waals surface area contributed by atoms with Crippen molar-refractivity contribution >= 4 is 9.84 Å². The van der Waals surface area contributed by atoms with Gasteiger partial charge in [-0.25, -0.2) is 8.42 Å². The van der Waals surface area contributed by atoms with E-state index < -0.39 is 9.84 Å². The summed E-state index contributed by atoms with van der Waals surface area (Å²) >= 11 is 0. The van der Waals surface area contributed by atoms with E-state index in [1.807, 2.05) is 0 Å². The number of hydrogen-bond acceptors (Lipinski definition) is 5. The number of hydrogen-bond donors (Lipinski definition) is 0. The highest BCUT2D eigenvalue weighted by Gasteiger charge is 2.21. The van der Waals surface area contributed by atoms with Crippen LogP contribution in [0.2, 0.25) is 0 Å². The van der Waals surface area contributed by atoms with E-state index in [2.05, 4.69) is 0 Å². The first-order valence-corrected chi connectivity index (χ1v) is 8.65. The Morgan fingerprint density at radius 1 is 0.913 bits per heavy atom. The van der Waals surface area contributed by atoms with Gasteiger partial charge in [0.05, 0.1) is 32.0 Å². The number of sulfone groups is 1. The highest BCUT2D eigenvalue weighted by Crippen LogP contribution is 2.33. The van der Waals surface area contributed by atoms with Crippen molar-refractivity contribution in [1.29, 1.82) is 0 Å². The highest BCUT2D eigenvalue weighted by atomic mass is 32.2. The summed E-state index contributed by atoms with van der Waals surface area (Å²) in [6, 6.07) is 10.2. The quantitative estimate of drug-likeness (QED) is 0.811. The predicted octanol–water partition coefficient (Wildman–Crippen LogP) is 2.99. The summed E-state index contributed by atoms with van der Waals surface area (Å²) in [4.78, 5) is 0.234. The van der Waals surface area contributed by atoms with E-state index in [1.54, 1.807) is 44.4 Å². The molecular formula is C17H20O5S. The largest absolute Gasteiger partial charge is 0.497 e. The van der Waals surface area contributed by atoms with Crippen molar-refractivity contribution < 1.29 is 22.6 Å². The maximum absolute atomic E-state index is 12.8.